The van der Waals surface area contributed by atoms with Crippen molar-refractivity contribution in [3.63, 3.8) is 0 Å². The summed E-state index contributed by atoms with van der Waals surface area (Å²) in [6.45, 7) is -2.20. The van der Waals surface area contributed by atoms with Crippen LogP contribution >= 0.6 is 27.5 Å². The summed E-state index contributed by atoms with van der Waals surface area (Å²) in [4.78, 5) is 27.0. The number of amides is 3. The molecular formula is C21H18BrClF2N4O3. The minimum atomic E-state index is -3.01. The van der Waals surface area contributed by atoms with E-state index in [2.05, 4.69) is 31.1 Å². The smallest absolute Gasteiger partial charge is 0.387 e. The Labute approximate surface area is 196 Å². The van der Waals surface area contributed by atoms with E-state index in [1.54, 1.807) is 4.90 Å². The second-order valence-corrected chi connectivity index (χ2v) is 8.56. The summed E-state index contributed by atoms with van der Waals surface area (Å²) < 4.78 is 30.0. The molecule has 2 aromatic carbocycles. The number of benzene rings is 2. The summed E-state index contributed by atoms with van der Waals surface area (Å²) in [5, 5.41) is 8.34. The van der Waals surface area contributed by atoms with Crippen LogP contribution in [0.15, 0.2) is 52.0 Å². The zero-order chi connectivity index (χ0) is 22.8. The van der Waals surface area contributed by atoms with Gasteiger partial charge in [0.15, 0.2) is 0 Å². The molecule has 1 fully saturated rings. The lowest BCUT2D eigenvalue weighted by Crippen LogP contribution is -2.45. The molecule has 2 aromatic rings. The molecule has 1 unspecified atom stereocenters. The maximum absolute atomic E-state index is 12.9. The van der Waals surface area contributed by atoms with E-state index in [9.17, 15) is 18.4 Å². The normalized spacial score (nSPS) is 18.3. The third-order valence-electron chi connectivity index (χ3n) is 5.15. The molecule has 32 heavy (non-hydrogen) atoms. The second-order valence-electron chi connectivity index (χ2n) is 7.23. The van der Waals surface area contributed by atoms with Crippen molar-refractivity contribution in [3.8, 4) is 5.75 Å². The quantitative estimate of drug-likeness (QED) is 0.598. The maximum Gasteiger partial charge on any atom is 0.387 e. The Morgan fingerprint density at radius 1 is 1.25 bits per heavy atom. The molecule has 1 N–H and O–H groups in total. The zero-order valence-corrected chi connectivity index (χ0v) is 18.9. The molecule has 2 aliphatic rings. The summed E-state index contributed by atoms with van der Waals surface area (Å²) in [5.41, 5.74) is 1.73. The maximum atomic E-state index is 12.9. The van der Waals surface area contributed by atoms with Crippen LogP contribution in [-0.4, -0.2) is 53.3 Å². The lowest BCUT2D eigenvalue weighted by Gasteiger charge is -2.25. The average molecular weight is 528 g/mol. The van der Waals surface area contributed by atoms with E-state index in [4.69, 9.17) is 11.6 Å². The molecule has 168 valence electrons. The average Bonchev–Trinajstić information content (AvgIpc) is 3.36. The molecule has 0 aromatic heterocycles. The van der Waals surface area contributed by atoms with Gasteiger partial charge in [-0.1, -0.05) is 39.7 Å². The topological polar surface area (TPSA) is 74.2 Å². The zero-order valence-electron chi connectivity index (χ0n) is 16.6. The SMILES string of the molecule is O=C(Nc1ccc(OC(F)F)c(Cl)c1)N1CC(N2CCCC2=O)C(c2ccc(Br)cc2)=N1. The molecule has 0 radical (unpaired) electrons. The van der Waals surface area contributed by atoms with Crippen molar-refractivity contribution < 1.29 is 23.1 Å². The van der Waals surface area contributed by atoms with Crippen molar-refractivity contribution in [2.75, 3.05) is 18.4 Å². The third kappa shape index (κ3) is 4.86. The number of likely N-dealkylation sites (tertiary alicyclic amines) is 1. The lowest BCUT2D eigenvalue weighted by molar-refractivity contribution is -0.128. The predicted octanol–water partition coefficient (Wildman–Crippen LogP) is 4.95. The number of rotatable bonds is 5. The van der Waals surface area contributed by atoms with Crippen LogP contribution in [0.5, 0.6) is 5.75 Å². The molecule has 11 heteroatoms. The molecule has 2 aliphatic heterocycles. The Morgan fingerprint density at radius 3 is 2.62 bits per heavy atom. The van der Waals surface area contributed by atoms with Gasteiger partial charge in [-0.25, -0.2) is 9.80 Å². The van der Waals surface area contributed by atoms with Crippen LogP contribution < -0.4 is 10.1 Å². The highest BCUT2D eigenvalue weighted by molar-refractivity contribution is 9.10. The fourth-order valence-electron chi connectivity index (χ4n) is 3.69. The van der Waals surface area contributed by atoms with Crippen LogP contribution in [0, 0.1) is 0 Å². The Bertz CT molecular complexity index is 1070. The van der Waals surface area contributed by atoms with Crippen LogP contribution in [0.4, 0.5) is 19.3 Å². The van der Waals surface area contributed by atoms with Crippen LogP contribution in [-0.2, 0) is 4.79 Å². The first-order valence-corrected chi connectivity index (χ1v) is 11.0. The van der Waals surface area contributed by atoms with Crippen molar-refractivity contribution in [2.45, 2.75) is 25.5 Å². The number of carbonyl (C=O) groups excluding carboxylic acids is 2. The van der Waals surface area contributed by atoms with Crippen molar-refractivity contribution in [3.05, 3.63) is 57.5 Å². The first-order chi connectivity index (χ1) is 15.3. The van der Waals surface area contributed by atoms with Crippen LogP contribution in [0.1, 0.15) is 18.4 Å². The summed E-state index contributed by atoms with van der Waals surface area (Å²) in [6.07, 6.45) is 1.24. The highest BCUT2D eigenvalue weighted by Gasteiger charge is 2.39. The van der Waals surface area contributed by atoms with E-state index in [-0.39, 0.29) is 29.3 Å². The summed E-state index contributed by atoms with van der Waals surface area (Å²) >= 11 is 9.36. The molecule has 0 saturated carbocycles. The number of alkyl halides is 2. The Morgan fingerprint density at radius 2 is 2.00 bits per heavy atom. The van der Waals surface area contributed by atoms with Crippen molar-refractivity contribution in [1.82, 2.24) is 9.91 Å². The lowest BCUT2D eigenvalue weighted by atomic mass is 10.0. The van der Waals surface area contributed by atoms with Gasteiger partial charge in [0.1, 0.15) is 5.75 Å². The molecular weight excluding hydrogens is 510 g/mol. The second kappa shape index (κ2) is 9.41. The molecule has 1 saturated heterocycles. The van der Waals surface area contributed by atoms with Gasteiger partial charge in [-0.2, -0.15) is 13.9 Å². The fraction of sp³-hybridized carbons (Fsp3) is 0.286. The van der Waals surface area contributed by atoms with Gasteiger partial charge < -0.3 is 15.0 Å². The Balaban J connectivity index is 1.55. The number of halogens is 4. The van der Waals surface area contributed by atoms with Gasteiger partial charge in [0.2, 0.25) is 5.91 Å². The molecule has 2 heterocycles. The van der Waals surface area contributed by atoms with Crippen LogP contribution in [0.2, 0.25) is 5.02 Å². The van der Waals surface area contributed by atoms with Gasteiger partial charge in [-0.05, 0) is 36.8 Å². The molecule has 0 aliphatic carbocycles. The molecule has 0 bridgehead atoms. The minimum Gasteiger partial charge on any atom is -0.433 e. The van der Waals surface area contributed by atoms with Gasteiger partial charge in [0.05, 0.1) is 23.3 Å². The summed E-state index contributed by atoms with van der Waals surface area (Å²) in [5.74, 6) is -0.160. The number of hydrazone groups is 1. The standard InChI is InChI=1S/C21H18BrClF2N4O3/c22-13-5-3-12(4-6-13)19-16(28-9-1-2-18(28)30)11-29(27-19)21(31)26-14-7-8-17(15(23)10-14)32-20(24)25/h3-8,10,16,20H,1-2,9,11H2,(H,26,31). The highest BCUT2D eigenvalue weighted by atomic mass is 79.9. The first kappa shape index (κ1) is 22.5. The van der Waals surface area contributed by atoms with Gasteiger partial charge in [-0.3, -0.25) is 4.79 Å². The molecule has 3 amide bonds. The van der Waals surface area contributed by atoms with Crippen molar-refractivity contribution in [2.24, 2.45) is 5.10 Å². The minimum absolute atomic E-state index is 0.0310. The van der Waals surface area contributed by atoms with E-state index in [1.807, 2.05) is 24.3 Å². The van der Waals surface area contributed by atoms with Gasteiger partial charge >= 0.3 is 12.6 Å². The molecule has 4 rings (SSSR count). The van der Waals surface area contributed by atoms with Gasteiger partial charge in [0, 0.05) is 28.7 Å². The van der Waals surface area contributed by atoms with E-state index in [0.29, 0.717) is 24.4 Å². The van der Waals surface area contributed by atoms with E-state index in [0.717, 1.165) is 16.5 Å². The fourth-order valence-corrected chi connectivity index (χ4v) is 4.18. The first-order valence-electron chi connectivity index (χ1n) is 9.78. The van der Waals surface area contributed by atoms with Crippen molar-refractivity contribution >= 4 is 50.9 Å². The van der Waals surface area contributed by atoms with Crippen LogP contribution in [0.3, 0.4) is 0 Å². The number of carbonyl (C=O) groups is 2. The van der Waals surface area contributed by atoms with E-state index in [1.165, 1.54) is 23.2 Å². The van der Waals surface area contributed by atoms with Gasteiger partial charge in [-0.15, -0.1) is 0 Å². The molecule has 7 nitrogen and oxygen atoms in total. The van der Waals surface area contributed by atoms with Crippen LogP contribution in [0.25, 0.3) is 0 Å². The molecule has 0 spiro atoms. The number of ether oxygens (including phenoxy) is 1. The van der Waals surface area contributed by atoms with E-state index >= 15 is 0 Å². The largest absolute Gasteiger partial charge is 0.433 e. The van der Waals surface area contributed by atoms with E-state index < -0.39 is 12.6 Å². The number of anilines is 1. The number of hydrogen-bond acceptors (Lipinski definition) is 4. The predicted molar refractivity (Wildman–Crippen MR) is 119 cm³/mol. The van der Waals surface area contributed by atoms with Crippen molar-refractivity contribution in [1.29, 1.82) is 0 Å². The number of hydrogen-bond donors (Lipinski definition) is 1. The number of nitrogens with one attached hydrogen (secondary N) is 1. The van der Waals surface area contributed by atoms with Gasteiger partial charge in [0.25, 0.3) is 0 Å². The monoisotopic (exact) mass is 526 g/mol. The Kier molecular flexibility index (Phi) is 6.61. The number of urea groups is 1. The highest BCUT2D eigenvalue weighted by Crippen LogP contribution is 2.30. The summed E-state index contributed by atoms with van der Waals surface area (Å²) in [6, 6.07) is 10.6. The third-order valence-corrected chi connectivity index (χ3v) is 5.97. The molecule has 1 atom stereocenters. The number of nitrogens with zero attached hydrogens (tertiary/aromatic N) is 3. The summed E-state index contributed by atoms with van der Waals surface area (Å²) in [7, 11) is 0. The Hall–Kier alpha value is -2.72.